The van der Waals surface area contributed by atoms with Crippen LogP contribution in [0.3, 0.4) is 0 Å². The highest BCUT2D eigenvalue weighted by Gasteiger charge is 2.11. The summed E-state index contributed by atoms with van der Waals surface area (Å²) < 4.78 is 3.82. The van der Waals surface area contributed by atoms with Crippen molar-refractivity contribution in [3.63, 3.8) is 0 Å². The standard InChI is InChI=1S/C16H20N6O/c1-12(8-9-13-6-5-10-21(13)2)17-16(23)18-15-20-19-14-7-3-4-11-22(14)15/h3-7,10-12H,8-9H2,1-2H3,(H2,17,18,20,23). The maximum absolute atomic E-state index is 12.1. The lowest BCUT2D eigenvalue weighted by atomic mass is 10.1. The summed E-state index contributed by atoms with van der Waals surface area (Å²) in [5.41, 5.74) is 1.95. The Balaban J connectivity index is 1.53. The molecule has 0 aliphatic carbocycles. The molecule has 0 aliphatic rings. The molecule has 2 N–H and O–H groups in total. The van der Waals surface area contributed by atoms with Gasteiger partial charge in [0, 0.05) is 31.2 Å². The van der Waals surface area contributed by atoms with Gasteiger partial charge in [0.25, 0.3) is 0 Å². The fraction of sp³-hybridized carbons (Fsp3) is 0.312. The molecule has 0 saturated carbocycles. The van der Waals surface area contributed by atoms with E-state index in [0.29, 0.717) is 11.6 Å². The van der Waals surface area contributed by atoms with Gasteiger partial charge in [0.1, 0.15) is 0 Å². The largest absolute Gasteiger partial charge is 0.354 e. The van der Waals surface area contributed by atoms with Crippen molar-refractivity contribution in [2.75, 3.05) is 5.32 Å². The molecule has 7 heteroatoms. The van der Waals surface area contributed by atoms with Gasteiger partial charge >= 0.3 is 6.03 Å². The van der Waals surface area contributed by atoms with E-state index in [2.05, 4.69) is 31.5 Å². The predicted molar refractivity (Wildman–Crippen MR) is 88.3 cm³/mol. The quantitative estimate of drug-likeness (QED) is 0.758. The molecule has 3 rings (SSSR count). The summed E-state index contributed by atoms with van der Waals surface area (Å²) in [6.07, 6.45) is 5.62. The number of fused-ring (bicyclic) bond motifs is 1. The number of urea groups is 1. The van der Waals surface area contributed by atoms with Crippen molar-refractivity contribution in [2.24, 2.45) is 7.05 Å². The molecular weight excluding hydrogens is 292 g/mol. The van der Waals surface area contributed by atoms with Crippen molar-refractivity contribution in [3.05, 3.63) is 48.4 Å². The minimum Gasteiger partial charge on any atom is -0.354 e. The first-order chi connectivity index (χ1) is 11.1. The number of hydrogen-bond acceptors (Lipinski definition) is 3. The third-order valence-corrected chi connectivity index (χ3v) is 3.80. The molecule has 3 aromatic rings. The normalized spacial score (nSPS) is 12.3. The molecule has 120 valence electrons. The zero-order valence-corrected chi connectivity index (χ0v) is 13.2. The van der Waals surface area contributed by atoms with E-state index in [9.17, 15) is 4.79 Å². The van der Waals surface area contributed by atoms with Gasteiger partial charge in [0.05, 0.1) is 0 Å². The number of anilines is 1. The number of hydrogen-bond donors (Lipinski definition) is 2. The van der Waals surface area contributed by atoms with Gasteiger partial charge in [-0.25, -0.2) is 4.79 Å². The fourth-order valence-electron chi connectivity index (χ4n) is 2.48. The zero-order valence-electron chi connectivity index (χ0n) is 13.2. The second-order valence-corrected chi connectivity index (χ2v) is 5.60. The monoisotopic (exact) mass is 312 g/mol. The Kier molecular flexibility index (Phi) is 4.27. The van der Waals surface area contributed by atoms with Crippen LogP contribution >= 0.6 is 0 Å². The number of amides is 2. The van der Waals surface area contributed by atoms with Crippen molar-refractivity contribution in [1.82, 2.24) is 24.5 Å². The molecule has 0 fully saturated rings. The second kappa shape index (κ2) is 6.51. The van der Waals surface area contributed by atoms with Crippen LogP contribution in [0.25, 0.3) is 5.65 Å². The van der Waals surface area contributed by atoms with Crippen LogP contribution in [-0.2, 0) is 13.5 Å². The average Bonchev–Trinajstić information content (AvgIpc) is 3.12. The van der Waals surface area contributed by atoms with E-state index in [1.165, 1.54) is 5.69 Å². The molecule has 3 heterocycles. The number of aromatic nitrogens is 4. The first-order valence-corrected chi connectivity index (χ1v) is 7.61. The van der Waals surface area contributed by atoms with Gasteiger partial charge in [-0.05, 0) is 44.0 Å². The van der Waals surface area contributed by atoms with Crippen LogP contribution in [0.15, 0.2) is 42.7 Å². The summed E-state index contributed by atoms with van der Waals surface area (Å²) in [4.78, 5) is 12.1. The molecule has 3 aromatic heterocycles. The number of aryl methyl sites for hydroxylation is 2. The van der Waals surface area contributed by atoms with E-state index in [-0.39, 0.29) is 12.1 Å². The van der Waals surface area contributed by atoms with Gasteiger partial charge in [0.2, 0.25) is 5.95 Å². The average molecular weight is 312 g/mol. The molecule has 1 atom stereocenters. The summed E-state index contributed by atoms with van der Waals surface area (Å²) in [7, 11) is 2.02. The third kappa shape index (κ3) is 3.50. The summed E-state index contributed by atoms with van der Waals surface area (Å²) in [6.45, 7) is 1.99. The van der Waals surface area contributed by atoms with Crippen LogP contribution < -0.4 is 10.6 Å². The first kappa shape index (κ1) is 15.1. The van der Waals surface area contributed by atoms with Crippen LogP contribution in [0.5, 0.6) is 0 Å². The van der Waals surface area contributed by atoms with Gasteiger partial charge in [0.15, 0.2) is 5.65 Å². The molecule has 0 saturated heterocycles. The van der Waals surface area contributed by atoms with E-state index < -0.39 is 0 Å². The highest BCUT2D eigenvalue weighted by molar-refractivity contribution is 5.87. The Bertz CT molecular complexity index is 806. The zero-order chi connectivity index (χ0) is 16.2. The number of pyridine rings is 1. The molecule has 1 unspecified atom stereocenters. The molecule has 2 amide bonds. The minimum atomic E-state index is -0.275. The van der Waals surface area contributed by atoms with Crippen molar-refractivity contribution < 1.29 is 4.79 Å². The van der Waals surface area contributed by atoms with Crippen molar-refractivity contribution in [3.8, 4) is 0 Å². The Hall–Kier alpha value is -2.83. The number of nitrogens with zero attached hydrogens (tertiary/aromatic N) is 4. The lowest BCUT2D eigenvalue weighted by Gasteiger charge is -2.14. The summed E-state index contributed by atoms with van der Waals surface area (Å²) >= 11 is 0. The summed E-state index contributed by atoms with van der Waals surface area (Å²) in [5, 5.41) is 13.6. The van der Waals surface area contributed by atoms with E-state index in [4.69, 9.17) is 0 Å². The van der Waals surface area contributed by atoms with Gasteiger partial charge in [-0.15, -0.1) is 10.2 Å². The van der Waals surface area contributed by atoms with Crippen molar-refractivity contribution >= 4 is 17.6 Å². The van der Waals surface area contributed by atoms with Crippen LogP contribution in [0, 0.1) is 0 Å². The predicted octanol–water partition coefficient (Wildman–Crippen LogP) is 2.21. The minimum absolute atomic E-state index is 0.0593. The Morgan fingerprint density at radius 1 is 1.22 bits per heavy atom. The van der Waals surface area contributed by atoms with E-state index in [1.807, 2.05) is 50.6 Å². The van der Waals surface area contributed by atoms with Crippen LogP contribution in [0.2, 0.25) is 0 Å². The maximum atomic E-state index is 12.1. The first-order valence-electron chi connectivity index (χ1n) is 7.61. The molecule has 0 bridgehead atoms. The number of nitrogens with one attached hydrogen (secondary N) is 2. The molecule has 7 nitrogen and oxygen atoms in total. The van der Waals surface area contributed by atoms with Gasteiger partial charge in [-0.1, -0.05) is 6.07 Å². The summed E-state index contributed by atoms with van der Waals surface area (Å²) in [6, 6.07) is 9.47. The van der Waals surface area contributed by atoms with E-state index >= 15 is 0 Å². The van der Waals surface area contributed by atoms with E-state index in [0.717, 1.165) is 12.8 Å². The SMILES string of the molecule is CC(CCc1cccn1C)NC(=O)Nc1nnc2ccccn12. The third-order valence-electron chi connectivity index (χ3n) is 3.80. The second-order valence-electron chi connectivity index (χ2n) is 5.60. The van der Waals surface area contributed by atoms with Crippen LogP contribution in [0.1, 0.15) is 19.0 Å². The van der Waals surface area contributed by atoms with Crippen LogP contribution in [-0.4, -0.2) is 31.2 Å². The summed E-state index contributed by atoms with van der Waals surface area (Å²) in [5.74, 6) is 0.410. The van der Waals surface area contributed by atoms with E-state index in [1.54, 1.807) is 4.40 Å². The molecular formula is C16H20N6O. The van der Waals surface area contributed by atoms with Gasteiger partial charge in [-0.2, -0.15) is 0 Å². The smallest absolute Gasteiger partial charge is 0.321 e. The Morgan fingerprint density at radius 3 is 2.87 bits per heavy atom. The molecule has 0 radical (unpaired) electrons. The van der Waals surface area contributed by atoms with Gasteiger partial charge in [-0.3, -0.25) is 9.72 Å². The lowest BCUT2D eigenvalue weighted by molar-refractivity contribution is 0.248. The topological polar surface area (TPSA) is 76.2 Å². The Labute approximate surface area is 134 Å². The molecule has 23 heavy (non-hydrogen) atoms. The van der Waals surface area contributed by atoms with Gasteiger partial charge < -0.3 is 9.88 Å². The Morgan fingerprint density at radius 2 is 2.09 bits per heavy atom. The van der Waals surface area contributed by atoms with Crippen molar-refractivity contribution in [2.45, 2.75) is 25.8 Å². The lowest BCUT2D eigenvalue weighted by Crippen LogP contribution is -2.36. The fourth-order valence-corrected chi connectivity index (χ4v) is 2.48. The molecule has 0 spiro atoms. The highest BCUT2D eigenvalue weighted by Crippen LogP contribution is 2.08. The number of carbonyl (C=O) groups excluding carboxylic acids is 1. The molecule has 0 aliphatic heterocycles. The number of rotatable bonds is 5. The van der Waals surface area contributed by atoms with Crippen molar-refractivity contribution in [1.29, 1.82) is 0 Å². The maximum Gasteiger partial charge on any atom is 0.321 e. The molecule has 0 aromatic carbocycles. The van der Waals surface area contributed by atoms with Crippen LogP contribution in [0.4, 0.5) is 10.7 Å². The highest BCUT2D eigenvalue weighted by atomic mass is 16.2. The number of carbonyl (C=O) groups is 1.